The van der Waals surface area contributed by atoms with Crippen molar-refractivity contribution in [2.24, 2.45) is 0 Å². The maximum Gasteiger partial charge on any atom is 0.266 e. The molecule has 0 aliphatic rings. The lowest BCUT2D eigenvalue weighted by atomic mass is 10.2. The summed E-state index contributed by atoms with van der Waals surface area (Å²) in [7, 11) is 0. The summed E-state index contributed by atoms with van der Waals surface area (Å²) in [6.45, 7) is 1.55. The van der Waals surface area contributed by atoms with Gasteiger partial charge in [-0.3, -0.25) is 4.79 Å². The predicted octanol–water partition coefficient (Wildman–Crippen LogP) is 4.32. The zero-order valence-corrected chi connectivity index (χ0v) is 14.1. The van der Waals surface area contributed by atoms with Crippen LogP contribution in [0.3, 0.4) is 0 Å². The SMILES string of the molecule is C[C@H](Oc1ccc(C#N)cc1Cl)C(=O)Nc1ncc(Cl)cc1Cl. The van der Waals surface area contributed by atoms with E-state index in [1.807, 2.05) is 6.07 Å². The lowest BCUT2D eigenvalue weighted by molar-refractivity contribution is -0.122. The third-order valence-electron chi connectivity index (χ3n) is 2.78. The van der Waals surface area contributed by atoms with Crippen LogP contribution in [-0.4, -0.2) is 17.0 Å². The normalized spacial score (nSPS) is 11.4. The summed E-state index contributed by atoms with van der Waals surface area (Å²) in [5.74, 6) is 0.0214. The van der Waals surface area contributed by atoms with Gasteiger partial charge in [-0.1, -0.05) is 34.8 Å². The van der Waals surface area contributed by atoms with Gasteiger partial charge in [-0.25, -0.2) is 4.98 Å². The average Bonchev–Trinajstić information content (AvgIpc) is 2.51. The van der Waals surface area contributed by atoms with Gasteiger partial charge in [-0.2, -0.15) is 5.26 Å². The molecule has 1 atom stereocenters. The third-order valence-corrected chi connectivity index (χ3v) is 3.57. The first-order valence-corrected chi connectivity index (χ1v) is 7.52. The topological polar surface area (TPSA) is 75.0 Å². The average molecular weight is 371 g/mol. The van der Waals surface area contributed by atoms with Gasteiger partial charge in [-0.05, 0) is 31.2 Å². The molecule has 0 fully saturated rings. The molecule has 1 aromatic carbocycles. The number of nitriles is 1. The zero-order valence-electron chi connectivity index (χ0n) is 11.8. The van der Waals surface area contributed by atoms with Crippen LogP contribution >= 0.6 is 34.8 Å². The Morgan fingerprint density at radius 3 is 2.65 bits per heavy atom. The number of nitrogens with one attached hydrogen (secondary N) is 1. The minimum Gasteiger partial charge on any atom is -0.479 e. The summed E-state index contributed by atoms with van der Waals surface area (Å²) in [6, 6.07) is 7.96. The molecule has 118 valence electrons. The van der Waals surface area contributed by atoms with Crippen molar-refractivity contribution in [1.82, 2.24) is 4.98 Å². The molecule has 1 amide bonds. The number of hydrogen-bond acceptors (Lipinski definition) is 4. The molecule has 0 spiro atoms. The number of ether oxygens (including phenoxy) is 1. The summed E-state index contributed by atoms with van der Waals surface area (Å²) in [5, 5.41) is 12.2. The fourth-order valence-corrected chi connectivity index (χ4v) is 2.29. The maximum atomic E-state index is 12.1. The summed E-state index contributed by atoms with van der Waals surface area (Å²) < 4.78 is 5.49. The molecule has 23 heavy (non-hydrogen) atoms. The maximum absolute atomic E-state index is 12.1. The van der Waals surface area contributed by atoms with E-state index < -0.39 is 12.0 Å². The monoisotopic (exact) mass is 369 g/mol. The standard InChI is InChI=1S/C15H10Cl3N3O2/c1-8(23-13-3-2-9(6-19)4-11(13)17)15(22)21-14-12(18)5-10(16)7-20-14/h2-5,7-8H,1H3,(H,20,21,22)/t8-/m0/s1. The van der Waals surface area contributed by atoms with Crippen molar-refractivity contribution >= 4 is 46.5 Å². The first-order valence-electron chi connectivity index (χ1n) is 6.39. The van der Waals surface area contributed by atoms with Gasteiger partial charge in [0, 0.05) is 6.20 Å². The number of aromatic nitrogens is 1. The minimum atomic E-state index is -0.853. The molecular formula is C15H10Cl3N3O2. The van der Waals surface area contributed by atoms with E-state index in [0.717, 1.165) is 0 Å². The first-order chi connectivity index (χ1) is 10.9. The van der Waals surface area contributed by atoms with Gasteiger partial charge >= 0.3 is 0 Å². The first kappa shape index (κ1) is 17.4. The second-order valence-electron chi connectivity index (χ2n) is 4.49. The highest BCUT2D eigenvalue weighted by Gasteiger charge is 2.18. The predicted molar refractivity (Wildman–Crippen MR) is 89.1 cm³/mol. The Bertz CT molecular complexity index is 790. The van der Waals surface area contributed by atoms with Crippen LogP contribution in [0.1, 0.15) is 12.5 Å². The van der Waals surface area contributed by atoms with E-state index in [-0.39, 0.29) is 15.9 Å². The number of hydrogen-bond donors (Lipinski definition) is 1. The minimum absolute atomic E-state index is 0.183. The molecule has 0 aliphatic carbocycles. The van der Waals surface area contributed by atoms with E-state index in [1.54, 1.807) is 13.0 Å². The molecule has 0 saturated heterocycles. The summed E-state index contributed by atoms with van der Waals surface area (Å²) >= 11 is 17.7. The van der Waals surface area contributed by atoms with E-state index in [0.29, 0.717) is 16.3 Å². The zero-order chi connectivity index (χ0) is 17.0. The number of amides is 1. The highest BCUT2D eigenvalue weighted by atomic mass is 35.5. The Kier molecular flexibility index (Phi) is 5.67. The van der Waals surface area contributed by atoms with Crippen LogP contribution in [0, 0.1) is 11.3 Å². The summed E-state index contributed by atoms with van der Waals surface area (Å²) in [4.78, 5) is 16.1. The number of carbonyl (C=O) groups is 1. The number of anilines is 1. The number of pyridine rings is 1. The molecule has 0 bridgehead atoms. The molecule has 2 rings (SSSR count). The molecule has 1 aromatic heterocycles. The van der Waals surface area contributed by atoms with Gasteiger partial charge in [0.1, 0.15) is 5.75 Å². The fourth-order valence-electron chi connectivity index (χ4n) is 1.63. The van der Waals surface area contributed by atoms with Gasteiger partial charge in [0.2, 0.25) is 0 Å². The lowest BCUT2D eigenvalue weighted by Gasteiger charge is -2.15. The summed E-state index contributed by atoms with van der Waals surface area (Å²) in [6.07, 6.45) is 0.514. The largest absolute Gasteiger partial charge is 0.479 e. The molecule has 0 saturated carbocycles. The lowest BCUT2D eigenvalue weighted by Crippen LogP contribution is -2.30. The van der Waals surface area contributed by atoms with Gasteiger partial charge < -0.3 is 10.1 Å². The highest BCUT2D eigenvalue weighted by Crippen LogP contribution is 2.27. The second kappa shape index (κ2) is 7.51. The molecule has 1 N–H and O–H groups in total. The highest BCUT2D eigenvalue weighted by molar-refractivity contribution is 6.36. The smallest absolute Gasteiger partial charge is 0.266 e. The number of nitrogens with zero attached hydrogens (tertiary/aromatic N) is 2. The quantitative estimate of drug-likeness (QED) is 0.869. The van der Waals surface area contributed by atoms with E-state index >= 15 is 0 Å². The van der Waals surface area contributed by atoms with Crippen LogP contribution in [0.25, 0.3) is 0 Å². The van der Waals surface area contributed by atoms with Gasteiger partial charge in [0.25, 0.3) is 5.91 Å². The van der Waals surface area contributed by atoms with Crippen molar-refractivity contribution in [3.8, 4) is 11.8 Å². The van der Waals surface area contributed by atoms with Crippen LogP contribution in [-0.2, 0) is 4.79 Å². The van der Waals surface area contributed by atoms with Gasteiger partial charge in [-0.15, -0.1) is 0 Å². The number of rotatable bonds is 4. The summed E-state index contributed by atoms with van der Waals surface area (Å²) in [5.41, 5.74) is 0.400. The fraction of sp³-hybridized carbons (Fsp3) is 0.133. The van der Waals surface area contributed by atoms with Gasteiger partial charge in [0.15, 0.2) is 11.9 Å². The van der Waals surface area contributed by atoms with Crippen molar-refractivity contribution in [2.75, 3.05) is 5.32 Å². The molecule has 0 radical (unpaired) electrons. The Morgan fingerprint density at radius 1 is 1.30 bits per heavy atom. The molecule has 0 unspecified atom stereocenters. The second-order valence-corrected chi connectivity index (χ2v) is 5.74. The number of carbonyl (C=O) groups excluding carboxylic acids is 1. The molecule has 5 nitrogen and oxygen atoms in total. The third kappa shape index (κ3) is 4.49. The van der Waals surface area contributed by atoms with Crippen molar-refractivity contribution in [1.29, 1.82) is 5.26 Å². The Balaban J connectivity index is 2.07. The Morgan fingerprint density at radius 2 is 2.04 bits per heavy atom. The van der Waals surface area contributed by atoms with E-state index in [1.165, 1.54) is 24.4 Å². The van der Waals surface area contributed by atoms with E-state index in [9.17, 15) is 4.79 Å². The van der Waals surface area contributed by atoms with E-state index in [4.69, 9.17) is 44.8 Å². The van der Waals surface area contributed by atoms with Crippen LogP contribution in [0.5, 0.6) is 5.75 Å². The van der Waals surface area contributed by atoms with Crippen molar-refractivity contribution in [2.45, 2.75) is 13.0 Å². The van der Waals surface area contributed by atoms with Crippen molar-refractivity contribution in [3.05, 3.63) is 51.1 Å². The van der Waals surface area contributed by atoms with Crippen LogP contribution in [0.2, 0.25) is 15.1 Å². The Labute approximate surface area is 147 Å². The number of halogens is 3. The van der Waals surface area contributed by atoms with Crippen LogP contribution in [0.4, 0.5) is 5.82 Å². The molecular weight excluding hydrogens is 361 g/mol. The molecule has 8 heteroatoms. The van der Waals surface area contributed by atoms with Crippen LogP contribution < -0.4 is 10.1 Å². The van der Waals surface area contributed by atoms with Crippen LogP contribution in [0.15, 0.2) is 30.5 Å². The van der Waals surface area contributed by atoms with E-state index in [2.05, 4.69) is 10.3 Å². The van der Waals surface area contributed by atoms with Crippen molar-refractivity contribution < 1.29 is 9.53 Å². The molecule has 1 heterocycles. The Hall–Kier alpha value is -2.00. The van der Waals surface area contributed by atoms with Gasteiger partial charge in [0.05, 0.1) is 26.7 Å². The molecule has 0 aliphatic heterocycles. The van der Waals surface area contributed by atoms with Crippen molar-refractivity contribution in [3.63, 3.8) is 0 Å². The number of benzene rings is 1. The molecule has 2 aromatic rings.